The molecule has 8 heteroatoms. The third-order valence-corrected chi connectivity index (χ3v) is 7.31. The molecule has 0 radical (unpaired) electrons. The first kappa shape index (κ1) is 17.7. The molecule has 0 aliphatic heterocycles. The quantitative estimate of drug-likeness (QED) is 0.537. The molecule has 0 aromatic heterocycles. The van der Waals surface area contributed by atoms with Gasteiger partial charge in [0.05, 0.1) is 21.9 Å². The second-order valence-corrected chi connectivity index (χ2v) is 7.58. The molecule has 4 nitrogen and oxygen atoms in total. The normalized spacial score (nSPS) is 41.0. The minimum Gasteiger partial charge on any atom is -0.346 e. The molecule has 3 aliphatic carbocycles. The van der Waals surface area contributed by atoms with Gasteiger partial charge in [-0.1, -0.05) is 23.2 Å². The summed E-state index contributed by atoms with van der Waals surface area (Å²) in [4.78, 5) is 21.7. The Morgan fingerprint density at radius 3 is 1.57 bits per heavy atom. The molecule has 1 saturated carbocycles. The van der Waals surface area contributed by atoms with E-state index in [4.69, 9.17) is 55.9 Å². The second-order valence-electron chi connectivity index (χ2n) is 5.63. The Morgan fingerprint density at radius 1 is 0.913 bits per heavy atom. The lowest BCUT2D eigenvalue weighted by Crippen LogP contribution is -2.59. The van der Waals surface area contributed by atoms with Gasteiger partial charge in [0.25, 0.3) is 0 Å². The maximum Gasteiger partial charge on any atom is 0.219 e. The molecule has 23 heavy (non-hydrogen) atoms. The van der Waals surface area contributed by atoms with E-state index in [1.54, 1.807) is 13.8 Å². The summed E-state index contributed by atoms with van der Waals surface area (Å²) < 4.78 is 11.6. The van der Waals surface area contributed by atoms with Crippen molar-refractivity contribution in [1.29, 1.82) is 0 Å². The highest BCUT2D eigenvalue weighted by molar-refractivity contribution is 6.53. The van der Waals surface area contributed by atoms with Crippen molar-refractivity contribution in [3.8, 4) is 0 Å². The molecule has 0 heterocycles. The molecule has 0 unspecified atom stereocenters. The number of allylic oxidation sites excluding steroid dienone is 2. The van der Waals surface area contributed by atoms with Gasteiger partial charge in [0.1, 0.15) is 9.75 Å². The van der Waals surface area contributed by atoms with E-state index in [0.29, 0.717) is 0 Å². The predicted octanol–water partition coefficient (Wildman–Crippen LogP) is 3.37. The van der Waals surface area contributed by atoms with Crippen LogP contribution in [-0.4, -0.2) is 40.3 Å². The van der Waals surface area contributed by atoms with Crippen molar-refractivity contribution in [2.24, 2.45) is 11.8 Å². The van der Waals surface area contributed by atoms with Gasteiger partial charge in [-0.25, -0.2) is 0 Å². The van der Waals surface area contributed by atoms with Crippen LogP contribution in [0.15, 0.2) is 22.2 Å². The van der Waals surface area contributed by atoms with Gasteiger partial charge in [0.15, 0.2) is 11.6 Å². The largest absolute Gasteiger partial charge is 0.346 e. The molecule has 126 valence electrons. The van der Waals surface area contributed by atoms with E-state index in [2.05, 4.69) is 0 Å². The summed E-state index contributed by atoms with van der Waals surface area (Å²) in [6.07, 6.45) is 2.38. The van der Waals surface area contributed by atoms with Crippen LogP contribution in [0.3, 0.4) is 0 Å². The summed E-state index contributed by atoms with van der Waals surface area (Å²) in [7, 11) is 0. The predicted molar refractivity (Wildman–Crippen MR) is 88.0 cm³/mol. The molecule has 3 rings (SSSR count). The minimum absolute atomic E-state index is 0.00423. The smallest absolute Gasteiger partial charge is 0.219 e. The Morgan fingerprint density at radius 2 is 1.26 bits per heavy atom. The van der Waals surface area contributed by atoms with E-state index in [9.17, 15) is 9.59 Å². The zero-order valence-electron chi connectivity index (χ0n) is 12.4. The molecular weight excluding hydrogens is 386 g/mol. The van der Waals surface area contributed by atoms with Crippen molar-refractivity contribution >= 4 is 58.0 Å². The number of ketones is 2. The lowest BCUT2D eigenvalue weighted by atomic mass is 9.74. The van der Waals surface area contributed by atoms with E-state index in [1.165, 1.54) is 12.2 Å². The Hall–Kier alpha value is -0.100. The number of carbonyl (C=O) groups excluding carboxylic acids is 2. The van der Waals surface area contributed by atoms with Crippen molar-refractivity contribution in [3.63, 3.8) is 0 Å². The highest BCUT2D eigenvalue weighted by atomic mass is 35.5. The molecule has 4 atom stereocenters. The molecule has 0 N–H and O–H groups in total. The van der Waals surface area contributed by atoms with Crippen molar-refractivity contribution in [1.82, 2.24) is 0 Å². The summed E-state index contributed by atoms with van der Waals surface area (Å²) in [6.45, 7) is 3.83. The average Bonchev–Trinajstić information content (AvgIpc) is 2.75. The van der Waals surface area contributed by atoms with Crippen molar-refractivity contribution < 1.29 is 19.1 Å². The van der Waals surface area contributed by atoms with E-state index in [1.807, 2.05) is 0 Å². The Labute approximate surface area is 153 Å². The van der Waals surface area contributed by atoms with Gasteiger partial charge in [0.2, 0.25) is 5.79 Å². The summed E-state index contributed by atoms with van der Waals surface area (Å²) in [5, 5.41) is -0.00846. The van der Waals surface area contributed by atoms with Gasteiger partial charge in [-0.15, -0.1) is 23.2 Å². The van der Waals surface area contributed by atoms with Gasteiger partial charge in [-0.3, -0.25) is 9.59 Å². The Kier molecular flexibility index (Phi) is 4.20. The van der Waals surface area contributed by atoms with E-state index < -0.39 is 27.4 Å². The fraction of sp³-hybridized carbons (Fsp3) is 0.600. The lowest BCUT2D eigenvalue weighted by Gasteiger charge is -2.42. The number of carbonyl (C=O) groups is 2. The average molecular weight is 400 g/mol. The summed E-state index contributed by atoms with van der Waals surface area (Å²) in [5.74, 6) is -4.39. The highest BCUT2D eigenvalue weighted by Crippen LogP contribution is 2.74. The number of rotatable bonds is 4. The summed E-state index contributed by atoms with van der Waals surface area (Å²) >= 11 is 26.4. The van der Waals surface area contributed by atoms with Crippen LogP contribution in [0.4, 0.5) is 0 Å². The van der Waals surface area contributed by atoms with Crippen LogP contribution in [0.25, 0.3) is 0 Å². The van der Waals surface area contributed by atoms with Crippen LogP contribution >= 0.6 is 46.4 Å². The van der Waals surface area contributed by atoms with Gasteiger partial charge in [-0.2, -0.15) is 0 Å². The van der Waals surface area contributed by atoms with Gasteiger partial charge in [-0.05, 0) is 26.0 Å². The van der Waals surface area contributed by atoms with Crippen LogP contribution in [0.5, 0.6) is 0 Å². The monoisotopic (exact) mass is 398 g/mol. The third kappa shape index (κ3) is 1.73. The Bertz CT molecular complexity index is 604. The fourth-order valence-electron chi connectivity index (χ4n) is 3.98. The first-order valence-corrected chi connectivity index (χ1v) is 8.72. The second kappa shape index (κ2) is 5.45. The van der Waals surface area contributed by atoms with Crippen LogP contribution in [0.1, 0.15) is 13.8 Å². The first-order chi connectivity index (χ1) is 10.7. The fourth-order valence-corrected chi connectivity index (χ4v) is 6.07. The maximum absolute atomic E-state index is 12.5. The van der Waals surface area contributed by atoms with E-state index >= 15 is 0 Å². The van der Waals surface area contributed by atoms with Crippen LogP contribution in [0, 0.1) is 11.8 Å². The molecule has 0 spiro atoms. The van der Waals surface area contributed by atoms with E-state index in [-0.39, 0.29) is 34.8 Å². The number of ether oxygens (including phenoxy) is 2. The van der Waals surface area contributed by atoms with Crippen molar-refractivity contribution in [2.75, 3.05) is 13.2 Å². The third-order valence-electron chi connectivity index (χ3n) is 4.70. The zero-order valence-corrected chi connectivity index (χ0v) is 15.4. The number of hydrogen-bond acceptors (Lipinski definition) is 4. The highest BCUT2D eigenvalue weighted by Gasteiger charge is 2.87. The van der Waals surface area contributed by atoms with Crippen LogP contribution < -0.4 is 0 Å². The molecule has 0 aromatic rings. The number of fused-ring (bicyclic) bond motifs is 5. The van der Waals surface area contributed by atoms with Gasteiger partial charge in [0, 0.05) is 13.2 Å². The molecular formula is C15H14Cl4O4. The Balaban J connectivity index is 2.34. The molecule has 0 aromatic carbocycles. The molecule has 1 fully saturated rings. The zero-order chi connectivity index (χ0) is 17.2. The molecule has 3 aliphatic rings. The summed E-state index contributed by atoms with van der Waals surface area (Å²) in [6, 6.07) is 0. The molecule has 0 amide bonds. The summed E-state index contributed by atoms with van der Waals surface area (Å²) in [5.41, 5.74) is 0. The topological polar surface area (TPSA) is 52.6 Å². The standard InChI is InChI=1S/C15H14Cl4O4/c1-3-22-15(23-4-2)13(18)9-7(20)5-6-8(21)10(9)14(15,19)12(17)11(13)16/h5-6,9-10H,3-4H2,1-2H3/t9-,10+,13-,14+. The maximum atomic E-state index is 12.5. The lowest BCUT2D eigenvalue weighted by molar-refractivity contribution is -0.245. The minimum atomic E-state index is -1.70. The van der Waals surface area contributed by atoms with Crippen LogP contribution in [-0.2, 0) is 19.1 Å². The van der Waals surface area contributed by atoms with Crippen molar-refractivity contribution in [2.45, 2.75) is 29.4 Å². The number of alkyl halides is 2. The molecule has 2 bridgehead atoms. The van der Waals surface area contributed by atoms with E-state index in [0.717, 1.165) is 0 Å². The van der Waals surface area contributed by atoms with Gasteiger partial charge < -0.3 is 9.47 Å². The number of halogens is 4. The number of hydrogen-bond donors (Lipinski definition) is 0. The first-order valence-electron chi connectivity index (χ1n) is 7.21. The molecule has 0 saturated heterocycles. The van der Waals surface area contributed by atoms with Gasteiger partial charge >= 0.3 is 0 Å². The van der Waals surface area contributed by atoms with Crippen LogP contribution in [0.2, 0.25) is 0 Å². The SMILES string of the molecule is CCOC1(OCC)[C@@]2(Cl)C(Cl)=C(Cl)[C@]1(Cl)[C@@H]1C(=O)C=CC(=O)[C@@H]12. The van der Waals surface area contributed by atoms with Crippen molar-refractivity contribution in [3.05, 3.63) is 22.2 Å².